The third-order valence-corrected chi connectivity index (χ3v) is 9.00. The van der Waals surface area contributed by atoms with Gasteiger partial charge in [0.1, 0.15) is 17.6 Å². The Kier molecular flexibility index (Phi) is 8.40. The number of ether oxygens (including phenoxy) is 1. The second kappa shape index (κ2) is 12.0. The third-order valence-electron chi connectivity index (χ3n) is 7.03. The first-order valence-corrected chi connectivity index (χ1v) is 17.0. The lowest BCUT2D eigenvalue weighted by molar-refractivity contribution is -0.121. The van der Waals surface area contributed by atoms with Crippen LogP contribution in [-0.4, -0.2) is 58.4 Å². The summed E-state index contributed by atoms with van der Waals surface area (Å²) in [6.45, 7) is 7.67. The van der Waals surface area contributed by atoms with Crippen LogP contribution >= 0.6 is 11.6 Å². The van der Waals surface area contributed by atoms with E-state index in [2.05, 4.69) is 15.5 Å². The van der Waals surface area contributed by atoms with E-state index in [4.69, 9.17) is 21.3 Å². The molecule has 4 aromatic rings. The Morgan fingerprint density at radius 3 is 2.55 bits per heavy atom. The Morgan fingerprint density at radius 1 is 1.07 bits per heavy atom. The first-order chi connectivity index (χ1) is 20.0. The molecule has 5 rings (SSSR count). The van der Waals surface area contributed by atoms with Gasteiger partial charge < -0.3 is 14.8 Å². The molecule has 0 aliphatic carbocycles. The minimum absolute atomic E-state index is 0.0987. The minimum Gasteiger partial charge on any atom is -0.485 e. The first kappa shape index (κ1) is 29.4. The van der Waals surface area contributed by atoms with Crippen molar-refractivity contribution in [2.24, 2.45) is 4.99 Å². The molecule has 0 spiro atoms. The molecule has 2 heterocycles. The second-order valence-corrected chi connectivity index (χ2v) is 14.8. The van der Waals surface area contributed by atoms with Gasteiger partial charge in [0.2, 0.25) is 14.2 Å². The van der Waals surface area contributed by atoms with Crippen molar-refractivity contribution in [1.29, 1.82) is 0 Å². The highest BCUT2D eigenvalue weighted by Crippen LogP contribution is 2.34. The fraction of sp³-hybridized carbons (Fsp3) is 0.258. The molecule has 42 heavy (non-hydrogen) atoms. The van der Waals surface area contributed by atoms with Gasteiger partial charge in [-0.05, 0) is 68.5 Å². The zero-order valence-electron chi connectivity index (χ0n) is 23.9. The lowest BCUT2D eigenvalue weighted by Crippen LogP contribution is -2.41. The third kappa shape index (κ3) is 6.20. The number of aryl methyl sites for hydroxylation is 1. The van der Waals surface area contributed by atoms with Crippen molar-refractivity contribution in [2.75, 3.05) is 13.2 Å². The molecule has 1 aliphatic heterocycles. The molecule has 0 saturated heterocycles. The molecule has 0 radical (unpaired) electrons. The maximum Gasteiger partial charge on any atom is 0.222 e. The monoisotopic (exact) mass is 601 g/mol. The summed E-state index contributed by atoms with van der Waals surface area (Å²) >= 11 is 6.19. The Labute approximate surface area is 250 Å². The summed E-state index contributed by atoms with van der Waals surface area (Å²) in [5.74, 6) is 1.35. The Morgan fingerprint density at radius 2 is 1.83 bits per heavy atom. The number of carbonyl (C=O) groups excluding carboxylic acids is 2. The highest BCUT2D eigenvalue weighted by atomic mass is 35.5. The van der Waals surface area contributed by atoms with E-state index >= 15 is 0 Å². The number of halogens is 1. The number of ketones is 1. The van der Waals surface area contributed by atoms with E-state index in [1.807, 2.05) is 61.8 Å². The fourth-order valence-corrected chi connectivity index (χ4v) is 6.03. The zero-order chi connectivity index (χ0) is 30.0. The number of fused-ring (bicyclic) bond motifs is 3. The van der Waals surface area contributed by atoms with Gasteiger partial charge in [-0.25, -0.2) is 0 Å². The number of amides is 1. The van der Waals surface area contributed by atoms with Crippen LogP contribution in [0.4, 0.5) is 0 Å². The Hall–Kier alpha value is -4.12. The smallest absolute Gasteiger partial charge is 0.222 e. The summed E-state index contributed by atoms with van der Waals surface area (Å²) in [4.78, 5) is 41.3. The largest absolute Gasteiger partial charge is 0.485 e. The van der Waals surface area contributed by atoms with Gasteiger partial charge in [-0.3, -0.25) is 19.1 Å². The van der Waals surface area contributed by atoms with E-state index in [9.17, 15) is 14.4 Å². The maximum absolute atomic E-state index is 13.0. The molecule has 0 fully saturated rings. The number of carbonyl (C=O) groups is 2. The van der Waals surface area contributed by atoms with Gasteiger partial charge in [0.25, 0.3) is 0 Å². The maximum atomic E-state index is 13.0. The molecule has 9 nitrogen and oxygen atoms in total. The fourth-order valence-electron chi connectivity index (χ4n) is 4.89. The number of rotatable bonds is 9. The normalized spacial score (nSPS) is 14.3. The van der Waals surface area contributed by atoms with Gasteiger partial charge in [0.15, 0.2) is 18.2 Å². The van der Waals surface area contributed by atoms with Crippen molar-refractivity contribution in [3.63, 3.8) is 0 Å². The molecule has 3 aromatic carbocycles. The lowest BCUT2D eigenvalue weighted by atomic mass is 10.00. The number of benzene rings is 3. The molecular weight excluding hydrogens is 570 g/mol. The van der Waals surface area contributed by atoms with E-state index in [1.165, 1.54) is 0 Å². The molecule has 11 heteroatoms. The SMILES string of the molecule is CCNC(=O)C[C@@H]1N=C(c2ccc(Cl)cc2)c2cc(OCC(=O)c3cccc([Si](C)(C)O)c3)ccc2-n2c(C)nnc21. The van der Waals surface area contributed by atoms with Gasteiger partial charge in [0, 0.05) is 28.3 Å². The number of aliphatic imine (C=N–C) groups is 1. The Bertz CT molecular complexity index is 1680. The summed E-state index contributed by atoms with van der Waals surface area (Å²) in [6, 6.07) is 19.3. The number of Topliss-reactive ketones (excluding diaryl/α,β-unsaturated/α-hetero) is 1. The van der Waals surface area contributed by atoms with Crippen molar-refractivity contribution in [3.8, 4) is 11.4 Å². The van der Waals surface area contributed by atoms with Crippen molar-refractivity contribution < 1.29 is 19.1 Å². The van der Waals surface area contributed by atoms with E-state index < -0.39 is 14.4 Å². The predicted molar refractivity (Wildman–Crippen MR) is 165 cm³/mol. The lowest BCUT2D eigenvalue weighted by Gasteiger charge is -2.16. The van der Waals surface area contributed by atoms with Gasteiger partial charge in [0.05, 0.1) is 17.8 Å². The topological polar surface area (TPSA) is 119 Å². The van der Waals surface area contributed by atoms with Crippen LogP contribution in [0.5, 0.6) is 5.75 Å². The average molecular weight is 602 g/mol. The molecule has 1 amide bonds. The van der Waals surface area contributed by atoms with Crippen molar-refractivity contribution in [2.45, 2.75) is 39.4 Å². The zero-order valence-corrected chi connectivity index (χ0v) is 25.6. The number of nitrogens with zero attached hydrogens (tertiary/aromatic N) is 4. The van der Waals surface area contributed by atoms with Crippen LogP contribution < -0.4 is 15.2 Å². The first-order valence-electron chi connectivity index (χ1n) is 13.7. The Balaban J connectivity index is 1.54. The molecule has 2 N–H and O–H groups in total. The van der Waals surface area contributed by atoms with Gasteiger partial charge in [-0.2, -0.15) is 0 Å². The van der Waals surface area contributed by atoms with Crippen LogP contribution in [0, 0.1) is 6.92 Å². The number of aromatic nitrogens is 3. The predicted octanol–water partition coefficient (Wildman–Crippen LogP) is 4.31. The highest BCUT2D eigenvalue weighted by molar-refractivity contribution is 6.83. The molecule has 0 saturated carbocycles. The molecule has 1 aromatic heterocycles. The van der Waals surface area contributed by atoms with Crippen LogP contribution in [0.15, 0.2) is 71.7 Å². The number of hydrogen-bond donors (Lipinski definition) is 2. The van der Waals surface area contributed by atoms with Crippen LogP contribution in [-0.2, 0) is 4.79 Å². The summed E-state index contributed by atoms with van der Waals surface area (Å²) in [5.41, 5.74) is 3.44. The number of hydrogen-bond acceptors (Lipinski definition) is 7. The molecule has 0 unspecified atom stereocenters. The summed E-state index contributed by atoms with van der Waals surface area (Å²) in [5, 5.41) is 12.9. The summed E-state index contributed by atoms with van der Waals surface area (Å²) in [6.07, 6.45) is 0.0987. The standard InChI is InChI=1S/C31H32ClN5O4Si/c1-5-33-29(39)17-26-31-36-35-19(2)37(31)27-14-13-23(16-25(27)30(34-26)20-9-11-22(32)12-10-20)41-18-28(38)21-7-6-8-24(15-21)42(3,4)40/h6-16,26,40H,5,17-18H2,1-4H3,(H,33,39)/t26-/m0/s1. The summed E-state index contributed by atoms with van der Waals surface area (Å²) in [7, 11) is -2.56. The van der Waals surface area contributed by atoms with Crippen molar-refractivity contribution in [1.82, 2.24) is 20.1 Å². The van der Waals surface area contributed by atoms with Gasteiger partial charge in [-0.15, -0.1) is 10.2 Å². The van der Waals surface area contributed by atoms with Crippen LogP contribution in [0.1, 0.15) is 52.5 Å². The second-order valence-electron chi connectivity index (χ2n) is 10.6. The van der Waals surface area contributed by atoms with E-state index in [-0.39, 0.29) is 24.7 Å². The van der Waals surface area contributed by atoms with E-state index in [0.29, 0.717) is 40.2 Å². The molecular formula is C31H32ClN5O4Si. The quantitative estimate of drug-likeness (QED) is 0.218. The van der Waals surface area contributed by atoms with Gasteiger partial charge in [-0.1, -0.05) is 41.9 Å². The van der Waals surface area contributed by atoms with Crippen LogP contribution in [0.3, 0.4) is 0 Å². The highest BCUT2D eigenvalue weighted by Gasteiger charge is 2.30. The van der Waals surface area contributed by atoms with E-state index in [1.54, 1.807) is 36.4 Å². The molecule has 1 atom stereocenters. The molecule has 1 aliphatic rings. The number of nitrogens with one attached hydrogen (secondary N) is 1. The van der Waals surface area contributed by atoms with Crippen LogP contribution in [0.25, 0.3) is 5.69 Å². The van der Waals surface area contributed by atoms with Crippen LogP contribution in [0.2, 0.25) is 18.1 Å². The van der Waals surface area contributed by atoms with Gasteiger partial charge >= 0.3 is 0 Å². The molecule has 0 bridgehead atoms. The van der Waals surface area contributed by atoms with Crippen molar-refractivity contribution >= 4 is 42.5 Å². The summed E-state index contributed by atoms with van der Waals surface area (Å²) < 4.78 is 7.91. The van der Waals surface area contributed by atoms with E-state index in [0.717, 1.165) is 22.0 Å². The average Bonchev–Trinajstić information content (AvgIpc) is 3.29. The molecule has 216 valence electrons. The minimum atomic E-state index is -2.56. The van der Waals surface area contributed by atoms with Crippen molar-refractivity contribution in [3.05, 3.63) is 100 Å².